The molecule has 1 N–H and O–H groups in total. The average Bonchev–Trinajstić information content (AvgIpc) is 3.09. The van der Waals surface area contributed by atoms with Gasteiger partial charge in [0.25, 0.3) is 5.91 Å². The number of methoxy groups -OCH3 is 1. The van der Waals surface area contributed by atoms with Gasteiger partial charge in [0.15, 0.2) is 5.82 Å². The summed E-state index contributed by atoms with van der Waals surface area (Å²) in [5.41, 5.74) is 2.99. The van der Waals surface area contributed by atoms with Gasteiger partial charge in [-0.1, -0.05) is 37.1 Å². The van der Waals surface area contributed by atoms with Gasteiger partial charge >= 0.3 is 0 Å². The molecule has 0 atom stereocenters. The van der Waals surface area contributed by atoms with Gasteiger partial charge in [0.05, 0.1) is 18.4 Å². The van der Waals surface area contributed by atoms with Crippen molar-refractivity contribution in [3.8, 4) is 17.0 Å². The van der Waals surface area contributed by atoms with Crippen molar-refractivity contribution in [1.29, 1.82) is 0 Å². The normalized spacial score (nSPS) is 14.1. The Morgan fingerprint density at radius 3 is 2.30 bits per heavy atom. The molecular weight excluding hydrogens is 376 g/mol. The minimum absolute atomic E-state index is 0.207. The van der Waals surface area contributed by atoms with Gasteiger partial charge < -0.3 is 15.0 Å². The number of ether oxygens (including phenoxy) is 1. The molecular formula is C24H26N4O2. The molecule has 30 heavy (non-hydrogen) atoms. The summed E-state index contributed by atoms with van der Waals surface area (Å²) in [5.74, 6) is 1.29. The van der Waals surface area contributed by atoms with Crippen LogP contribution in [0.15, 0.2) is 60.7 Å². The van der Waals surface area contributed by atoms with E-state index in [-0.39, 0.29) is 5.91 Å². The number of hydrogen-bond acceptors (Lipinski definition) is 5. The van der Waals surface area contributed by atoms with Crippen molar-refractivity contribution in [2.45, 2.75) is 25.7 Å². The lowest BCUT2D eigenvalue weighted by molar-refractivity contribution is 0.102. The van der Waals surface area contributed by atoms with Crippen molar-refractivity contribution in [3.05, 3.63) is 66.2 Å². The van der Waals surface area contributed by atoms with Crippen LogP contribution in [0, 0.1) is 0 Å². The number of carbonyl (C=O) groups excluding carboxylic acids is 1. The van der Waals surface area contributed by atoms with Crippen LogP contribution in [0.2, 0.25) is 0 Å². The first kappa shape index (κ1) is 19.9. The van der Waals surface area contributed by atoms with E-state index in [1.807, 2.05) is 48.5 Å². The van der Waals surface area contributed by atoms with E-state index < -0.39 is 0 Å². The maximum Gasteiger partial charge on any atom is 0.259 e. The molecule has 1 saturated heterocycles. The molecule has 0 saturated carbocycles. The van der Waals surface area contributed by atoms with Gasteiger partial charge in [0.1, 0.15) is 5.75 Å². The number of carbonyl (C=O) groups is 1. The third-order valence-electron chi connectivity index (χ3n) is 5.37. The van der Waals surface area contributed by atoms with E-state index in [2.05, 4.69) is 20.4 Å². The van der Waals surface area contributed by atoms with Gasteiger partial charge in [-0.2, -0.15) is 0 Å². The minimum atomic E-state index is -0.207. The highest BCUT2D eigenvalue weighted by atomic mass is 16.5. The Morgan fingerprint density at radius 2 is 1.63 bits per heavy atom. The summed E-state index contributed by atoms with van der Waals surface area (Å²) in [6, 6.07) is 18.8. The topological polar surface area (TPSA) is 67.3 Å². The fourth-order valence-corrected chi connectivity index (χ4v) is 3.70. The SMILES string of the molecule is COc1ccccc1C(=O)Nc1ccc(-c2ccc(N3CCCCCC3)nn2)cc1. The summed E-state index contributed by atoms with van der Waals surface area (Å²) in [6.45, 7) is 2.10. The molecule has 0 radical (unpaired) electrons. The Balaban J connectivity index is 1.43. The highest BCUT2D eigenvalue weighted by Gasteiger charge is 2.13. The smallest absolute Gasteiger partial charge is 0.259 e. The first-order chi connectivity index (χ1) is 14.7. The Kier molecular flexibility index (Phi) is 6.23. The van der Waals surface area contributed by atoms with Crippen molar-refractivity contribution in [1.82, 2.24) is 10.2 Å². The van der Waals surface area contributed by atoms with Gasteiger partial charge in [-0.05, 0) is 49.2 Å². The first-order valence-electron chi connectivity index (χ1n) is 10.4. The Hall–Kier alpha value is -3.41. The Bertz CT molecular complexity index is 979. The number of amides is 1. The van der Waals surface area contributed by atoms with Crippen LogP contribution in [-0.4, -0.2) is 36.3 Å². The lowest BCUT2D eigenvalue weighted by atomic mass is 10.1. The zero-order valence-electron chi connectivity index (χ0n) is 17.2. The van der Waals surface area contributed by atoms with Crippen LogP contribution in [0.5, 0.6) is 5.75 Å². The lowest BCUT2D eigenvalue weighted by Crippen LogP contribution is -2.25. The molecule has 2 heterocycles. The number of benzene rings is 2. The lowest BCUT2D eigenvalue weighted by Gasteiger charge is -2.20. The quantitative estimate of drug-likeness (QED) is 0.665. The fourth-order valence-electron chi connectivity index (χ4n) is 3.70. The average molecular weight is 402 g/mol. The molecule has 1 fully saturated rings. The molecule has 0 unspecified atom stereocenters. The van der Waals surface area contributed by atoms with Gasteiger partial charge in [-0.25, -0.2) is 0 Å². The summed E-state index contributed by atoms with van der Waals surface area (Å²) < 4.78 is 5.26. The maximum absolute atomic E-state index is 12.5. The summed E-state index contributed by atoms with van der Waals surface area (Å²) in [5, 5.41) is 11.8. The van der Waals surface area contributed by atoms with Crippen LogP contribution in [-0.2, 0) is 0 Å². The number of hydrogen-bond donors (Lipinski definition) is 1. The van der Waals surface area contributed by atoms with Crippen LogP contribution >= 0.6 is 0 Å². The number of nitrogens with zero attached hydrogens (tertiary/aromatic N) is 3. The number of para-hydroxylation sites is 1. The van der Waals surface area contributed by atoms with Crippen molar-refractivity contribution >= 4 is 17.4 Å². The summed E-state index contributed by atoms with van der Waals surface area (Å²) in [4.78, 5) is 14.9. The molecule has 4 rings (SSSR count). The van der Waals surface area contributed by atoms with E-state index in [9.17, 15) is 4.79 Å². The van der Waals surface area contributed by atoms with Crippen molar-refractivity contribution in [2.75, 3.05) is 30.4 Å². The third-order valence-corrected chi connectivity index (χ3v) is 5.37. The van der Waals surface area contributed by atoms with Crippen LogP contribution in [0.25, 0.3) is 11.3 Å². The molecule has 0 aliphatic carbocycles. The number of aromatic nitrogens is 2. The second-order valence-electron chi connectivity index (χ2n) is 7.41. The van der Waals surface area contributed by atoms with E-state index in [0.717, 1.165) is 30.2 Å². The van der Waals surface area contributed by atoms with Crippen LogP contribution in [0.3, 0.4) is 0 Å². The van der Waals surface area contributed by atoms with Crippen LogP contribution in [0.4, 0.5) is 11.5 Å². The standard InChI is InChI=1S/C24H26N4O2/c1-30-22-9-5-4-8-20(22)24(29)25-19-12-10-18(11-13-19)21-14-15-23(27-26-21)28-16-6-2-3-7-17-28/h4-5,8-15H,2-3,6-7,16-17H2,1H3,(H,25,29). The zero-order chi connectivity index (χ0) is 20.8. The molecule has 154 valence electrons. The van der Waals surface area contributed by atoms with Gasteiger partial charge in [-0.3, -0.25) is 4.79 Å². The first-order valence-corrected chi connectivity index (χ1v) is 10.4. The van der Waals surface area contributed by atoms with Crippen molar-refractivity contribution in [3.63, 3.8) is 0 Å². The van der Waals surface area contributed by atoms with Gasteiger partial charge in [0.2, 0.25) is 0 Å². The van der Waals surface area contributed by atoms with E-state index in [1.165, 1.54) is 25.7 Å². The van der Waals surface area contributed by atoms with Crippen molar-refractivity contribution < 1.29 is 9.53 Å². The molecule has 0 bridgehead atoms. The van der Waals surface area contributed by atoms with Crippen LogP contribution in [0.1, 0.15) is 36.0 Å². The Morgan fingerprint density at radius 1 is 0.900 bits per heavy atom. The molecule has 1 amide bonds. The molecule has 1 aliphatic heterocycles. The predicted octanol–water partition coefficient (Wildman–Crippen LogP) is 4.78. The van der Waals surface area contributed by atoms with E-state index in [4.69, 9.17) is 4.74 Å². The Labute approximate surface area is 176 Å². The molecule has 0 spiro atoms. The highest BCUT2D eigenvalue weighted by Crippen LogP contribution is 2.23. The molecule has 1 aliphatic rings. The molecule has 1 aromatic heterocycles. The summed E-state index contributed by atoms with van der Waals surface area (Å²) >= 11 is 0. The fraction of sp³-hybridized carbons (Fsp3) is 0.292. The van der Waals surface area contributed by atoms with E-state index in [1.54, 1.807) is 19.2 Å². The number of rotatable bonds is 5. The summed E-state index contributed by atoms with van der Waals surface area (Å²) in [6.07, 6.45) is 5.01. The van der Waals surface area contributed by atoms with Gasteiger partial charge in [0, 0.05) is 24.3 Å². The second kappa shape index (κ2) is 9.39. The highest BCUT2D eigenvalue weighted by molar-refractivity contribution is 6.06. The third kappa shape index (κ3) is 4.59. The number of anilines is 2. The second-order valence-corrected chi connectivity index (χ2v) is 7.41. The zero-order valence-corrected chi connectivity index (χ0v) is 17.2. The van der Waals surface area contributed by atoms with E-state index in [0.29, 0.717) is 17.0 Å². The molecule has 6 heteroatoms. The maximum atomic E-state index is 12.5. The minimum Gasteiger partial charge on any atom is -0.496 e. The van der Waals surface area contributed by atoms with E-state index >= 15 is 0 Å². The molecule has 2 aromatic carbocycles. The monoisotopic (exact) mass is 402 g/mol. The molecule has 6 nitrogen and oxygen atoms in total. The van der Waals surface area contributed by atoms with Gasteiger partial charge in [-0.15, -0.1) is 10.2 Å². The molecule has 3 aromatic rings. The predicted molar refractivity (Wildman–Crippen MR) is 119 cm³/mol. The summed E-state index contributed by atoms with van der Waals surface area (Å²) in [7, 11) is 1.56. The van der Waals surface area contributed by atoms with Crippen LogP contribution < -0.4 is 15.0 Å². The number of nitrogens with one attached hydrogen (secondary N) is 1. The largest absolute Gasteiger partial charge is 0.496 e. The van der Waals surface area contributed by atoms with Crippen molar-refractivity contribution in [2.24, 2.45) is 0 Å².